The van der Waals surface area contributed by atoms with E-state index in [1.54, 1.807) is 14.2 Å². The van der Waals surface area contributed by atoms with Crippen LogP contribution in [0.5, 0.6) is 0 Å². The molecule has 0 fully saturated rings. The van der Waals surface area contributed by atoms with Gasteiger partial charge in [0.1, 0.15) is 0 Å². The first-order valence-corrected chi connectivity index (χ1v) is 6.10. The first-order valence-electron chi connectivity index (χ1n) is 5.69. The van der Waals surface area contributed by atoms with E-state index in [0.717, 1.165) is 24.6 Å². The third-order valence-corrected chi connectivity index (χ3v) is 2.88. The fourth-order valence-corrected chi connectivity index (χ4v) is 1.67. The molecule has 0 saturated heterocycles. The highest BCUT2D eigenvalue weighted by molar-refractivity contribution is 7.80. The summed E-state index contributed by atoms with van der Waals surface area (Å²) in [6, 6.07) is 0.428. The summed E-state index contributed by atoms with van der Waals surface area (Å²) in [5.41, 5.74) is 0. The van der Waals surface area contributed by atoms with Crippen molar-refractivity contribution < 1.29 is 9.47 Å². The summed E-state index contributed by atoms with van der Waals surface area (Å²) >= 11 is 5.35. The van der Waals surface area contributed by atoms with Gasteiger partial charge in [0.15, 0.2) is 5.11 Å². The number of hydrogen-bond acceptors (Lipinski definition) is 3. The predicted molar refractivity (Wildman–Crippen MR) is 70.8 cm³/mol. The van der Waals surface area contributed by atoms with Crippen molar-refractivity contribution in [2.45, 2.75) is 26.3 Å². The van der Waals surface area contributed by atoms with Crippen molar-refractivity contribution in [2.75, 3.05) is 40.5 Å². The Morgan fingerprint density at radius 1 is 1.31 bits per heavy atom. The number of nitrogens with one attached hydrogen (secondary N) is 1. The lowest BCUT2D eigenvalue weighted by molar-refractivity contribution is 0.161. The van der Waals surface area contributed by atoms with Crippen LogP contribution in [0.2, 0.25) is 0 Å². The maximum absolute atomic E-state index is 5.35. The van der Waals surface area contributed by atoms with E-state index in [9.17, 15) is 0 Å². The molecule has 0 aliphatic rings. The van der Waals surface area contributed by atoms with Crippen molar-refractivity contribution >= 4 is 17.3 Å². The Morgan fingerprint density at radius 2 is 1.94 bits per heavy atom. The Kier molecular flexibility index (Phi) is 9.57. The SMILES string of the molecule is CCC(C)N(CCOC)C(=S)NCCOC. The van der Waals surface area contributed by atoms with Gasteiger partial charge in [-0.15, -0.1) is 0 Å². The van der Waals surface area contributed by atoms with Crippen LogP contribution in [0.15, 0.2) is 0 Å². The third-order valence-electron chi connectivity index (χ3n) is 2.50. The highest BCUT2D eigenvalue weighted by atomic mass is 32.1. The van der Waals surface area contributed by atoms with Gasteiger partial charge in [0.05, 0.1) is 13.2 Å². The van der Waals surface area contributed by atoms with Crippen LogP contribution < -0.4 is 5.32 Å². The Morgan fingerprint density at radius 3 is 2.44 bits per heavy atom. The van der Waals surface area contributed by atoms with Crippen molar-refractivity contribution in [1.29, 1.82) is 0 Å². The molecule has 0 spiro atoms. The zero-order valence-corrected chi connectivity index (χ0v) is 11.6. The van der Waals surface area contributed by atoms with Crippen molar-refractivity contribution in [3.8, 4) is 0 Å². The Hall–Kier alpha value is -0.390. The van der Waals surface area contributed by atoms with Crippen molar-refractivity contribution in [3.63, 3.8) is 0 Å². The summed E-state index contributed by atoms with van der Waals surface area (Å²) < 4.78 is 10.1. The summed E-state index contributed by atoms with van der Waals surface area (Å²) in [6.45, 7) is 7.25. The minimum absolute atomic E-state index is 0.428. The molecule has 5 heteroatoms. The van der Waals surface area contributed by atoms with E-state index in [1.807, 2.05) is 0 Å². The summed E-state index contributed by atoms with van der Waals surface area (Å²) in [4.78, 5) is 2.16. The van der Waals surface area contributed by atoms with Gasteiger partial charge in [-0.1, -0.05) is 6.92 Å². The van der Waals surface area contributed by atoms with Gasteiger partial charge < -0.3 is 19.7 Å². The average Bonchev–Trinajstić information content (AvgIpc) is 2.29. The zero-order chi connectivity index (χ0) is 12.4. The standard InChI is InChI=1S/C11H24N2O2S/c1-5-10(2)13(7-9-15-4)11(16)12-6-8-14-3/h10H,5-9H2,1-4H3,(H,12,16). The Bertz CT molecular complexity index is 191. The molecule has 96 valence electrons. The zero-order valence-electron chi connectivity index (χ0n) is 10.8. The van der Waals surface area contributed by atoms with Crippen LogP contribution in [-0.2, 0) is 9.47 Å². The number of rotatable bonds is 8. The van der Waals surface area contributed by atoms with Gasteiger partial charge in [-0.25, -0.2) is 0 Å². The molecular weight excluding hydrogens is 224 g/mol. The molecule has 0 aliphatic heterocycles. The van der Waals surface area contributed by atoms with Crippen LogP contribution in [-0.4, -0.2) is 56.6 Å². The summed E-state index contributed by atoms with van der Waals surface area (Å²) in [6.07, 6.45) is 1.07. The molecule has 4 nitrogen and oxygen atoms in total. The molecule has 0 aromatic heterocycles. The van der Waals surface area contributed by atoms with E-state index in [0.29, 0.717) is 19.3 Å². The summed E-state index contributed by atoms with van der Waals surface area (Å²) in [5.74, 6) is 0. The fraction of sp³-hybridized carbons (Fsp3) is 0.909. The van der Waals surface area contributed by atoms with Crippen LogP contribution >= 0.6 is 12.2 Å². The van der Waals surface area contributed by atoms with Gasteiger partial charge in [0.2, 0.25) is 0 Å². The van der Waals surface area contributed by atoms with Crippen molar-refractivity contribution in [1.82, 2.24) is 10.2 Å². The highest BCUT2D eigenvalue weighted by Crippen LogP contribution is 2.03. The lowest BCUT2D eigenvalue weighted by Crippen LogP contribution is -2.46. The average molecular weight is 248 g/mol. The largest absolute Gasteiger partial charge is 0.383 e. The number of ether oxygens (including phenoxy) is 2. The highest BCUT2D eigenvalue weighted by Gasteiger charge is 2.14. The van der Waals surface area contributed by atoms with Crippen LogP contribution in [0.3, 0.4) is 0 Å². The van der Waals surface area contributed by atoms with Crippen LogP contribution in [0.4, 0.5) is 0 Å². The van der Waals surface area contributed by atoms with Crippen LogP contribution in [0.1, 0.15) is 20.3 Å². The lowest BCUT2D eigenvalue weighted by Gasteiger charge is -2.31. The van der Waals surface area contributed by atoms with E-state index in [2.05, 4.69) is 24.1 Å². The number of hydrogen-bond donors (Lipinski definition) is 1. The Balaban J connectivity index is 4.09. The monoisotopic (exact) mass is 248 g/mol. The predicted octanol–water partition coefficient (Wildman–Crippen LogP) is 1.25. The number of nitrogens with zero attached hydrogens (tertiary/aromatic N) is 1. The molecule has 1 unspecified atom stereocenters. The van der Waals surface area contributed by atoms with Gasteiger partial charge in [-0.2, -0.15) is 0 Å². The molecule has 0 heterocycles. The van der Waals surface area contributed by atoms with E-state index >= 15 is 0 Å². The topological polar surface area (TPSA) is 33.7 Å². The molecule has 16 heavy (non-hydrogen) atoms. The molecule has 0 saturated carbocycles. The van der Waals surface area contributed by atoms with Crippen LogP contribution in [0, 0.1) is 0 Å². The van der Waals surface area contributed by atoms with Gasteiger partial charge in [-0.3, -0.25) is 0 Å². The van der Waals surface area contributed by atoms with Gasteiger partial charge in [0.25, 0.3) is 0 Å². The summed E-state index contributed by atoms with van der Waals surface area (Å²) in [5, 5.41) is 3.97. The van der Waals surface area contributed by atoms with E-state index < -0.39 is 0 Å². The van der Waals surface area contributed by atoms with Gasteiger partial charge in [-0.05, 0) is 25.6 Å². The first-order chi connectivity index (χ1) is 7.67. The lowest BCUT2D eigenvalue weighted by atomic mass is 10.2. The third kappa shape index (κ3) is 6.25. The number of methoxy groups -OCH3 is 2. The van der Waals surface area contributed by atoms with E-state index in [-0.39, 0.29) is 0 Å². The molecular formula is C11H24N2O2S. The minimum atomic E-state index is 0.428. The molecule has 0 amide bonds. The maximum atomic E-state index is 5.35. The molecule has 0 rings (SSSR count). The quantitative estimate of drug-likeness (QED) is 0.516. The molecule has 0 aromatic rings. The smallest absolute Gasteiger partial charge is 0.169 e. The minimum Gasteiger partial charge on any atom is -0.383 e. The van der Waals surface area contributed by atoms with Gasteiger partial charge in [0, 0.05) is 33.4 Å². The van der Waals surface area contributed by atoms with E-state index in [1.165, 1.54) is 0 Å². The molecule has 0 aliphatic carbocycles. The van der Waals surface area contributed by atoms with E-state index in [4.69, 9.17) is 21.7 Å². The van der Waals surface area contributed by atoms with Crippen molar-refractivity contribution in [3.05, 3.63) is 0 Å². The molecule has 0 aromatic carbocycles. The maximum Gasteiger partial charge on any atom is 0.169 e. The normalized spacial score (nSPS) is 12.2. The molecule has 0 bridgehead atoms. The Labute approximate surface area is 104 Å². The second-order valence-electron chi connectivity index (χ2n) is 3.67. The number of thiocarbonyl (C=S) groups is 1. The fourth-order valence-electron chi connectivity index (χ4n) is 1.29. The summed E-state index contributed by atoms with van der Waals surface area (Å²) in [7, 11) is 3.39. The first kappa shape index (κ1) is 15.6. The second-order valence-corrected chi connectivity index (χ2v) is 4.05. The molecule has 0 radical (unpaired) electrons. The molecule has 1 atom stereocenters. The van der Waals surface area contributed by atoms with Crippen LogP contribution in [0.25, 0.3) is 0 Å². The van der Waals surface area contributed by atoms with Gasteiger partial charge >= 0.3 is 0 Å². The second kappa shape index (κ2) is 9.81. The molecule has 1 N–H and O–H groups in total. The van der Waals surface area contributed by atoms with Crippen molar-refractivity contribution in [2.24, 2.45) is 0 Å².